The predicted octanol–water partition coefficient (Wildman–Crippen LogP) is 14.4. The van der Waals surface area contributed by atoms with Gasteiger partial charge in [0.2, 0.25) is 0 Å². The number of Topliss-reactive ketones (excluding diaryl/α,β-unsaturated/α-hetero) is 2. The number of ketones is 2. The summed E-state index contributed by atoms with van der Waals surface area (Å²) in [6, 6.07) is 28.5. The van der Waals surface area contributed by atoms with Gasteiger partial charge in [-0.25, -0.2) is 29.5 Å². The number of rotatable bonds is 20. The van der Waals surface area contributed by atoms with Crippen LogP contribution < -0.4 is 30.3 Å². The molecule has 4 aromatic carbocycles. The highest BCUT2D eigenvalue weighted by Gasteiger charge is 2.39. The van der Waals surface area contributed by atoms with E-state index in [-0.39, 0.29) is 56.2 Å². The summed E-state index contributed by atoms with van der Waals surface area (Å²) in [5.41, 5.74) is 2.79. The zero-order valence-electron chi connectivity index (χ0n) is 42.4. The average molecular weight is 1140 g/mol. The standard InChI is InChI=1S/C55H55N11O5S6/c1-64(2)36-22-24-44(40(30-36)46(67)34-14-10-11-15-34)65(54(69)62-52-60-42(32-72-38-18-6-4-7-19-38)48(76-52)74-50-56-26-27-57-50)66(45-25-23-37(71-3)31-41(45)47(68)35-16-12-13-17-35)55(70)63-53-61-43(33-73-39-20-8-5-9-21-39)49(77-53)75-51-58-28-29-59-51/h4-9,18-31,34-35H,10-17,32-33H2,1-3H3,(H,56,57)(H,58,59)(H,60,62,69)(H,61,63,70). The molecule has 10 rings (SSSR count). The molecule has 4 N–H and O–H groups in total. The molecule has 2 fully saturated rings. The van der Waals surface area contributed by atoms with Crippen LogP contribution in [0.5, 0.6) is 5.75 Å². The summed E-state index contributed by atoms with van der Waals surface area (Å²) in [5, 5.41) is 10.3. The molecule has 396 valence electrons. The van der Waals surface area contributed by atoms with Crippen LogP contribution in [0.2, 0.25) is 0 Å². The first-order valence-electron chi connectivity index (χ1n) is 25.1. The van der Waals surface area contributed by atoms with Crippen LogP contribution in [0.1, 0.15) is 83.5 Å². The molecule has 16 nitrogen and oxygen atoms in total. The van der Waals surface area contributed by atoms with Gasteiger partial charge in [-0.3, -0.25) is 20.2 Å². The fourth-order valence-corrected chi connectivity index (χ4v) is 15.3. The number of benzene rings is 4. The second-order valence-electron chi connectivity index (χ2n) is 18.4. The molecular weight excluding hydrogens is 1090 g/mol. The topological polar surface area (TPSA) is 194 Å². The number of thioether (sulfide) groups is 2. The van der Waals surface area contributed by atoms with Gasteiger partial charge in [0.1, 0.15) is 5.75 Å². The molecule has 4 heterocycles. The van der Waals surface area contributed by atoms with Gasteiger partial charge in [-0.15, -0.1) is 23.5 Å². The Morgan fingerprint density at radius 1 is 0.623 bits per heavy atom. The van der Waals surface area contributed by atoms with E-state index >= 15 is 14.4 Å². The Hall–Kier alpha value is -6.56. The van der Waals surface area contributed by atoms with Crippen molar-refractivity contribution in [2.45, 2.75) is 91.4 Å². The Labute approximate surface area is 471 Å². The number of H-pyrrole nitrogens is 2. The van der Waals surface area contributed by atoms with Gasteiger partial charge in [-0.05, 0) is 110 Å². The summed E-state index contributed by atoms with van der Waals surface area (Å²) in [4.78, 5) is 91.3. The highest BCUT2D eigenvalue weighted by molar-refractivity contribution is 8.01. The quantitative estimate of drug-likeness (QED) is 0.0320. The van der Waals surface area contributed by atoms with Gasteiger partial charge in [-0.1, -0.05) is 84.8 Å². The fraction of sp³-hybridized carbons (Fsp3) is 0.273. The molecule has 0 saturated heterocycles. The number of thiazole rings is 2. The van der Waals surface area contributed by atoms with E-state index in [2.05, 4.69) is 30.6 Å². The molecule has 22 heteroatoms. The maximum Gasteiger partial charge on any atom is 0.347 e. The van der Waals surface area contributed by atoms with Crippen LogP contribution in [-0.2, 0) is 11.5 Å². The van der Waals surface area contributed by atoms with Crippen LogP contribution in [0, 0.1) is 11.8 Å². The van der Waals surface area contributed by atoms with Crippen molar-refractivity contribution in [1.82, 2.24) is 29.9 Å². The molecule has 77 heavy (non-hydrogen) atoms. The smallest absolute Gasteiger partial charge is 0.347 e. The minimum Gasteiger partial charge on any atom is -0.497 e. The van der Waals surface area contributed by atoms with E-state index in [1.54, 1.807) is 78.6 Å². The van der Waals surface area contributed by atoms with Gasteiger partial charge in [0, 0.05) is 88.8 Å². The summed E-state index contributed by atoms with van der Waals surface area (Å²) in [7, 11) is 5.29. The summed E-state index contributed by atoms with van der Waals surface area (Å²) in [5.74, 6) is 0.363. The number of urea groups is 2. The van der Waals surface area contributed by atoms with Crippen molar-refractivity contribution < 1.29 is 23.9 Å². The van der Waals surface area contributed by atoms with Crippen molar-refractivity contribution in [1.29, 1.82) is 0 Å². The third kappa shape index (κ3) is 13.1. The number of imidazole rings is 2. The van der Waals surface area contributed by atoms with Crippen molar-refractivity contribution >= 4 is 121 Å². The molecular formula is C55H55N11O5S6. The molecule has 0 atom stereocenters. The number of nitrogens with zero attached hydrogens (tertiary/aromatic N) is 7. The Bertz CT molecular complexity index is 3310. The van der Waals surface area contributed by atoms with E-state index in [4.69, 9.17) is 14.7 Å². The Morgan fingerprint density at radius 2 is 1.08 bits per heavy atom. The first-order chi connectivity index (χ1) is 37.6. The Morgan fingerprint density at radius 3 is 1.51 bits per heavy atom. The van der Waals surface area contributed by atoms with Crippen LogP contribution in [0.25, 0.3) is 0 Å². The molecule has 0 unspecified atom stereocenters. The minimum atomic E-state index is -0.819. The van der Waals surface area contributed by atoms with E-state index in [1.165, 1.54) is 63.3 Å². The molecule has 0 bridgehead atoms. The maximum atomic E-state index is 16.0. The van der Waals surface area contributed by atoms with Gasteiger partial charge in [0.05, 0.1) is 38.3 Å². The number of ether oxygens (including phenoxy) is 1. The Kier molecular flexibility index (Phi) is 17.7. The number of aromatic amines is 2. The van der Waals surface area contributed by atoms with E-state index in [9.17, 15) is 4.79 Å². The van der Waals surface area contributed by atoms with Crippen LogP contribution in [0.15, 0.2) is 150 Å². The number of hydrogen-bond donors (Lipinski definition) is 4. The summed E-state index contributed by atoms with van der Waals surface area (Å²) >= 11 is 8.52. The molecule has 0 aliphatic heterocycles. The van der Waals surface area contributed by atoms with E-state index < -0.39 is 12.1 Å². The Balaban J connectivity index is 1.12. The molecule has 2 aliphatic rings. The molecule has 0 radical (unpaired) electrons. The van der Waals surface area contributed by atoms with Crippen LogP contribution in [-0.4, -0.2) is 74.7 Å². The van der Waals surface area contributed by atoms with Crippen LogP contribution in [0.3, 0.4) is 0 Å². The number of nitrogens with one attached hydrogen (secondary N) is 4. The second-order valence-corrected chi connectivity index (χ2v) is 25.0. The van der Waals surface area contributed by atoms with Crippen LogP contribution in [0.4, 0.5) is 36.9 Å². The highest BCUT2D eigenvalue weighted by Crippen LogP contribution is 2.43. The largest absolute Gasteiger partial charge is 0.497 e. The summed E-state index contributed by atoms with van der Waals surface area (Å²) in [6.45, 7) is 0. The molecule has 4 aromatic heterocycles. The fourth-order valence-electron chi connectivity index (χ4n) is 9.18. The lowest BCUT2D eigenvalue weighted by Crippen LogP contribution is -2.55. The number of amides is 4. The third-order valence-corrected chi connectivity index (χ3v) is 19.4. The van der Waals surface area contributed by atoms with Crippen molar-refractivity contribution in [3.05, 3.63) is 144 Å². The molecule has 0 spiro atoms. The normalized spacial score (nSPS) is 13.6. The zero-order valence-corrected chi connectivity index (χ0v) is 47.3. The van der Waals surface area contributed by atoms with Gasteiger partial charge in [0.25, 0.3) is 0 Å². The van der Waals surface area contributed by atoms with Crippen molar-refractivity contribution in [2.24, 2.45) is 11.8 Å². The number of carbonyl (C=O) groups excluding carboxylic acids is 4. The van der Waals surface area contributed by atoms with E-state index in [0.717, 1.165) is 49.6 Å². The van der Waals surface area contributed by atoms with Crippen molar-refractivity contribution in [3.8, 4) is 5.75 Å². The van der Waals surface area contributed by atoms with Gasteiger partial charge in [-0.2, -0.15) is 10.0 Å². The molecule has 8 aromatic rings. The minimum absolute atomic E-state index is 0.0982. The average Bonchev–Trinajstić information content (AvgIpc) is 4.38. The maximum absolute atomic E-state index is 16.0. The van der Waals surface area contributed by atoms with E-state index in [1.807, 2.05) is 85.7 Å². The first kappa shape index (κ1) is 53.8. The lowest BCUT2D eigenvalue weighted by atomic mass is 9.94. The number of hydrogen-bond acceptors (Lipinski definition) is 16. The van der Waals surface area contributed by atoms with E-state index in [0.29, 0.717) is 64.6 Å². The summed E-state index contributed by atoms with van der Waals surface area (Å²) in [6.07, 6.45) is 13.1. The summed E-state index contributed by atoms with van der Waals surface area (Å²) < 4.78 is 7.32. The van der Waals surface area contributed by atoms with Crippen LogP contribution >= 0.6 is 69.7 Å². The third-order valence-electron chi connectivity index (χ3n) is 13.0. The number of methoxy groups -OCH3 is 1. The predicted molar refractivity (Wildman–Crippen MR) is 311 cm³/mol. The highest BCUT2D eigenvalue weighted by atomic mass is 32.2. The lowest BCUT2D eigenvalue weighted by molar-refractivity contribution is 0.0915. The van der Waals surface area contributed by atoms with Gasteiger partial charge < -0.3 is 19.6 Å². The van der Waals surface area contributed by atoms with Gasteiger partial charge in [0.15, 0.2) is 32.1 Å². The molecule has 2 saturated carbocycles. The number of anilines is 5. The molecule has 4 amide bonds. The number of aromatic nitrogens is 6. The zero-order chi connectivity index (χ0) is 53.3. The number of hydrazine groups is 1. The number of carbonyl (C=O) groups is 4. The second kappa shape index (κ2) is 25.3. The molecule has 2 aliphatic carbocycles. The monoisotopic (exact) mass is 1140 g/mol. The van der Waals surface area contributed by atoms with Crippen molar-refractivity contribution in [3.63, 3.8) is 0 Å². The SMILES string of the molecule is COc1ccc(N(C(=O)Nc2nc(CSc3ccccc3)c(Sc3ncc[nH]3)s2)N(C(=O)Nc2nc(CSc3ccccc3)c(Sc3ncc[nH]3)s2)c2ccc(N(C)C)cc2C(=O)C2CCCC2)c(C(=O)C2CCCC2)c1. The van der Waals surface area contributed by atoms with Crippen molar-refractivity contribution in [2.75, 3.05) is 46.8 Å². The lowest BCUT2D eigenvalue weighted by Gasteiger charge is -2.36. The van der Waals surface area contributed by atoms with Gasteiger partial charge >= 0.3 is 12.1 Å². The first-order valence-corrected chi connectivity index (χ1v) is 30.3.